The van der Waals surface area contributed by atoms with Crippen LogP contribution in [0.3, 0.4) is 0 Å². The van der Waals surface area contributed by atoms with E-state index in [1.807, 2.05) is 19.1 Å². The Morgan fingerprint density at radius 3 is 2.75 bits per heavy atom. The van der Waals surface area contributed by atoms with E-state index in [0.717, 1.165) is 18.5 Å². The van der Waals surface area contributed by atoms with Crippen LogP contribution in [-0.4, -0.2) is 5.91 Å². The van der Waals surface area contributed by atoms with E-state index in [4.69, 9.17) is 0 Å². The van der Waals surface area contributed by atoms with Crippen LogP contribution in [0.1, 0.15) is 45.1 Å². The highest BCUT2D eigenvalue weighted by molar-refractivity contribution is 5.90. The lowest BCUT2D eigenvalue weighted by Crippen LogP contribution is -2.10. The first-order chi connectivity index (χ1) is 7.76. The van der Waals surface area contributed by atoms with Crippen LogP contribution in [0.2, 0.25) is 0 Å². The largest absolute Gasteiger partial charge is 0.326 e. The maximum absolute atomic E-state index is 11.4. The van der Waals surface area contributed by atoms with E-state index in [-0.39, 0.29) is 5.91 Å². The molecule has 0 bridgehead atoms. The van der Waals surface area contributed by atoms with Crippen LogP contribution in [0.25, 0.3) is 0 Å². The first-order valence-electron chi connectivity index (χ1n) is 6.15. The van der Waals surface area contributed by atoms with E-state index in [9.17, 15) is 4.79 Å². The predicted octanol–water partition coefficient (Wildman–Crippen LogP) is 3.77. The zero-order valence-corrected chi connectivity index (χ0v) is 10.3. The molecule has 0 radical (unpaired) electrons. The SMILES string of the molecule is CCCCc1cccc(NC(=O)CCC)c1. The summed E-state index contributed by atoms with van der Waals surface area (Å²) in [6.45, 7) is 4.20. The molecule has 1 aromatic rings. The normalized spacial score (nSPS) is 10.1. The summed E-state index contributed by atoms with van der Waals surface area (Å²) in [6, 6.07) is 8.14. The fraction of sp³-hybridized carbons (Fsp3) is 0.500. The number of hydrogen-bond acceptors (Lipinski definition) is 1. The van der Waals surface area contributed by atoms with Gasteiger partial charge in [0, 0.05) is 12.1 Å². The van der Waals surface area contributed by atoms with Crippen molar-refractivity contribution in [1.29, 1.82) is 0 Å². The van der Waals surface area contributed by atoms with Gasteiger partial charge in [0.05, 0.1) is 0 Å². The highest BCUT2D eigenvalue weighted by Gasteiger charge is 2.01. The smallest absolute Gasteiger partial charge is 0.224 e. The molecule has 2 heteroatoms. The molecule has 0 aliphatic heterocycles. The summed E-state index contributed by atoms with van der Waals surface area (Å²) in [7, 11) is 0. The van der Waals surface area contributed by atoms with Crippen LogP contribution >= 0.6 is 0 Å². The van der Waals surface area contributed by atoms with Gasteiger partial charge in [0.1, 0.15) is 0 Å². The molecule has 0 heterocycles. The molecule has 0 aliphatic carbocycles. The standard InChI is InChI=1S/C14H21NO/c1-3-5-8-12-9-6-10-13(11-12)15-14(16)7-4-2/h6,9-11H,3-5,7-8H2,1-2H3,(H,15,16). The van der Waals surface area contributed by atoms with Gasteiger partial charge in [-0.05, 0) is 37.0 Å². The van der Waals surface area contributed by atoms with Crippen molar-refractivity contribution < 1.29 is 4.79 Å². The zero-order chi connectivity index (χ0) is 11.8. The van der Waals surface area contributed by atoms with E-state index in [1.54, 1.807) is 0 Å². The Labute approximate surface area is 98.1 Å². The van der Waals surface area contributed by atoms with Gasteiger partial charge < -0.3 is 5.32 Å². The van der Waals surface area contributed by atoms with E-state index in [1.165, 1.54) is 18.4 Å². The zero-order valence-electron chi connectivity index (χ0n) is 10.3. The summed E-state index contributed by atoms with van der Waals surface area (Å²) in [6.07, 6.45) is 4.98. The average Bonchev–Trinajstić information content (AvgIpc) is 2.27. The molecule has 2 nitrogen and oxygen atoms in total. The molecule has 0 unspecified atom stereocenters. The summed E-state index contributed by atoms with van der Waals surface area (Å²) in [4.78, 5) is 11.4. The second-order valence-electron chi connectivity index (χ2n) is 4.10. The predicted molar refractivity (Wildman–Crippen MR) is 68.6 cm³/mol. The number of rotatable bonds is 6. The lowest BCUT2D eigenvalue weighted by molar-refractivity contribution is -0.116. The van der Waals surface area contributed by atoms with Crippen LogP contribution in [0, 0.1) is 0 Å². The van der Waals surface area contributed by atoms with Crippen molar-refractivity contribution >= 4 is 11.6 Å². The molecule has 1 amide bonds. The molecule has 0 aromatic heterocycles. The quantitative estimate of drug-likeness (QED) is 0.775. The third-order valence-electron chi connectivity index (χ3n) is 2.51. The van der Waals surface area contributed by atoms with Crippen molar-refractivity contribution in [3.63, 3.8) is 0 Å². The fourth-order valence-corrected chi connectivity index (χ4v) is 1.64. The monoisotopic (exact) mass is 219 g/mol. The molecule has 1 aromatic carbocycles. The molecule has 0 atom stereocenters. The van der Waals surface area contributed by atoms with Crippen LogP contribution in [0.4, 0.5) is 5.69 Å². The summed E-state index contributed by atoms with van der Waals surface area (Å²) in [5, 5.41) is 2.92. The summed E-state index contributed by atoms with van der Waals surface area (Å²) >= 11 is 0. The molecule has 0 saturated heterocycles. The Kier molecular flexibility index (Phi) is 5.62. The third kappa shape index (κ3) is 4.47. The Morgan fingerprint density at radius 2 is 2.06 bits per heavy atom. The maximum atomic E-state index is 11.4. The van der Waals surface area contributed by atoms with Crippen molar-refractivity contribution in [3.05, 3.63) is 29.8 Å². The number of amides is 1. The highest BCUT2D eigenvalue weighted by Crippen LogP contribution is 2.13. The molecule has 0 aliphatic rings. The summed E-state index contributed by atoms with van der Waals surface area (Å²) < 4.78 is 0. The van der Waals surface area contributed by atoms with E-state index < -0.39 is 0 Å². The van der Waals surface area contributed by atoms with Gasteiger partial charge in [-0.25, -0.2) is 0 Å². The highest BCUT2D eigenvalue weighted by atomic mass is 16.1. The van der Waals surface area contributed by atoms with Crippen LogP contribution < -0.4 is 5.32 Å². The van der Waals surface area contributed by atoms with Crippen molar-refractivity contribution in [3.8, 4) is 0 Å². The van der Waals surface area contributed by atoms with Gasteiger partial charge >= 0.3 is 0 Å². The summed E-state index contributed by atoms with van der Waals surface area (Å²) in [5.74, 6) is 0.107. The van der Waals surface area contributed by atoms with Crippen LogP contribution in [-0.2, 0) is 11.2 Å². The Hall–Kier alpha value is -1.31. The number of hydrogen-bond donors (Lipinski definition) is 1. The van der Waals surface area contributed by atoms with Crippen LogP contribution in [0.5, 0.6) is 0 Å². The van der Waals surface area contributed by atoms with E-state index in [0.29, 0.717) is 6.42 Å². The van der Waals surface area contributed by atoms with Crippen molar-refractivity contribution in [2.45, 2.75) is 46.0 Å². The third-order valence-corrected chi connectivity index (χ3v) is 2.51. The molecule has 16 heavy (non-hydrogen) atoms. The van der Waals surface area contributed by atoms with E-state index >= 15 is 0 Å². The molecule has 1 N–H and O–H groups in total. The van der Waals surface area contributed by atoms with Gasteiger partial charge in [-0.1, -0.05) is 32.4 Å². The molecule has 88 valence electrons. The number of carbonyl (C=O) groups is 1. The fourth-order valence-electron chi connectivity index (χ4n) is 1.64. The number of unbranched alkanes of at least 4 members (excludes halogenated alkanes) is 1. The minimum Gasteiger partial charge on any atom is -0.326 e. The molecular formula is C14H21NO. The number of aryl methyl sites for hydroxylation is 1. The first-order valence-corrected chi connectivity index (χ1v) is 6.15. The van der Waals surface area contributed by atoms with Crippen molar-refractivity contribution in [2.75, 3.05) is 5.32 Å². The van der Waals surface area contributed by atoms with Crippen LogP contribution in [0.15, 0.2) is 24.3 Å². The van der Waals surface area contributed by atoms with E-state index in [2.05, 4.69) is 24.4 Å². The Bertz CT molecular complexity index is 333. The second kappa shape index (κ2) is 7.04. The van der Waals surface area contributed by atoms with Gasteiger partial charge in [-0.3, -0.25) is 4.79 Å². The molecular weight excluding hydrogens is 198 g/mol. The van der Waals surface area contributed by atoms with Gasteiger partial charge in [0.2, 0.25) is 5.91 Å². The topological polar surface area (TPSA) is 29.1 Å². The molecule has 0 fully saturated rings. The number of nitrogens with one attached hydrogen (secondary N) is 1. The van der Waals surface area contributed by atoms with Crippen molar-refractivity contribution in [1.82, 2.24) is 0 Å². The Balaban J connectivity index is 2.56. The Morgan fingerprint density at radius 1 is 1.25 bits per heavy atom. The number of benzene rings is 1. The maximum Gasteiger partial charge on any atom is 0.224 e. The van der Waals surface area contributed by atoms with Gasteiger partial charge in [0.15, 0.2) is 0 Å². The number of carbonyl (C=O) groups excluding carboxylic acids is 1. The molecule has 0 spiro atoms. The molecule has 0 saturated carbocycles. The summed E-state index contributed by atoms with van der Waals surface area (Å²) in [5.41, 5.74) is 2.23. The first kappa shape index (κ1) is 12.8. The lowest BCUT2D eigenvalue weighted by Gasteiger charge is -2.06. The minimum absolute atomic E-state index is 0.107. The minimum atomic E-state index is 0.107. The second-order valence-corrected chi connectivity index (χ2v) is 4.10. The number of anilines is 1. The van der Waals surface area contributed by atoms with Gasteiger partial charge in [-0.2, -0.15) is 0 Å². The lowest BCUT2D eigenvalue weighted by atomic mass is 10.1. The van der Waals surface area contributed by atoms with Gasteiger partial charge in [-0.15, -0.1) is 0 Å². The molecule has 1 rings (SSSR count). The van der Waals surface area contributed by atoms with Crippen molar-refractivity contribution in [2.24, 2.45) is 0 Å². The van der Waals surface area contributed by atoms with Gasteiger partial charge in [0.25, 0.3) is 0 Å². The average molecular weight is 219 g/mol.